The van der Waals surface area contributed by atoms with Crippen LogP contribution in [-0.4, -0.2) is 20.7 Å². The molecule has 0 aliphatic rings. The zero-order valence-electron chi connectivity index (χ0n) is 13.5. The van der Waals surface area contributed by atoms with E-state index in [1.54, 1.807) is 42.6 Å². The third kappa shape index (κ3) is 3.09. The fraction of sp³-hybridized carbons (Fsp3) is 0.0500. The quantitative estimate of drug-likeness (QED) is 0.539. The Kier molecular flexibility index (Phi) is 4.22. The minimum absolute atomic E-state index is 0.176. The van der Waals surface area contributed by atoms with Crippen LogP contribution in [0.15, 0.2) is 61.1 Å². The van der Waals surface area contributed by atoms with Crippen molar-refractivity contribution in [2.24, 2.45) is 0 Å². The Morgan fingerprint density at radius 1 is 1.12 bits per heavy atom. The lowest BCUT2D eigenvalue weighted by Gasteiger charge is -2.04. The number of hydrogen-bond donors (Lipinski definition) is 1. The highest BCUT2D eigenvalue weighted by molar-refractivity contribution is 6.31. The molecule has 0 aliphatic carbocycles. The number of benzene rings is 1. The van der Waals surface area contributed by atoms with Crippen molar-refractivity contribution < 1.29 is 9.18 Å². The minimum atomic E-state index is -0.266. The summed E-state index contributed by atoms with van der Waals surface area (Å²) in [6, 6.07) is 11.7. The average Bonchev–Trinajstić information content (AvgIpc) is 3.06. The molecule has 0 bridgehead atoms. The van der Waals surface area contributed by atoms with E-state index in [1.807, 2.05) is 0 Å². The molecule has 1 aromatic carbocycles. The van der Waals surface area contributed by atoms with E-state index in [0.717, 1.165) is 0 Å². The van der Waals surface area contributed by atoms with Gasteiger partial charge in [0.2, 0.25) is 0 Å². The van der Waals surface area contributed by atoms with Gasteiger partial charge in [0.1, 0.15) is 11.5 Å². The fourth-order valence-electron chi connectivity index (χ4n) is 2.82. The zero-order valence-corrected chi connectivity index (χ0v) is 14.3. The molecular formula is C20H13ClFN3O. The molecule has 0 spiro atoms. The summed E-state index contributed by atoms with van der Waals surface area (Å²) >= 11 is 5.98. The summed E-state index contributed by atoms with van der Waals surface area (Å²) in [4.78, 5) is 24.2. The van der Waals surface area contributed by atoms with Crippen molar-refractivity contribution >= 4 is 28.4 Å². The highest BCUT2D eigenvalue weighted by Crippen LogP contribution is 2.23. The number of nitrogens with one attached hydrogen (secondary N) is 1. The van der Waals surface area contributed by atoms with Crippen LogP contribution < -0.4 is 0 Å². The van der Waals surface area contributed by atoms with Crippen molar-refractivity contribution in [3.05, 3.63) is 94.3 Å². The molecular weight excluding hydrogens is 353 g/mol. The Hall–Kier alpha value is -3.05. The van der Waals surface area contributed by atoms with Crippen LogP contribution >= 0.6 is 11.6 Å². The van der Waals surface area contributed by atoms with Crippen LogP contribution in [0.25, 0.3) is 11.0 Å². The molecule has 128 valence electrons. The number of carbonyl (C=O) groups is 1. The summed E-state index contributed by atoms with van der Waals surface area (Å²) in [5, 5.41) is 1.13. The SMILES string of the molecule is O=C(c1ccc(Cc2ccccc2F)nc1)c1c[nH]c2ncc(Cl)cc12. The normalized spacial score (nSPS) is 11.0. The van der Waals surface area contributed by atoms with Gasteiger partial charge in [0, 0.05) is 47.2 Å². The van der Waals surface area contributed by atoms with Crippen molar-refractivity contribution in [1.29, 1.82) is 0 Å². The largest absolute Gasteiger partial charge is 0.345 e. The number of aromatic nitrogens is 3. The van der Waals surface area contributed by atoms with Gasteiger partial charge >= 0.3 is 0 Å². The Morgan fingerprint density at radius 2 is 1.96 bits per heavy atom. The Bertz CT molecular complexity index is 1110. The van der Waals surface area contributed by atoms with Gasteiger partial charge in [-0.3, -0.25) is 9.78 Å². The van der Waals surface area contributed by atoms with Gasteiger partial charge in [-0.25, -0.2) is 9.37 Å². The maximum atomic E-state index is 13.7. The molecule has 0 amide bonds. The summed E-state index contributed by atoms with van der Waals surface area (Å²) in [7, 11) is 0. The lowest BCUT2D eigenvalue weighted by atomic mass is 10.0. The smallest absolute Gasteiger partial charge is 0.196 e. The molecule has 1 N–H and O–H groups in total. The zero-order chi connectivity index (χ0) is 18.1. The number of carbonyl (C=O) groups excluding carboxylic acids is 1. The standard InChI is InChI=1S/C20H13ClFN3O/c21-14-8-16-17(11-25-20(16)24-10-14)19(26)13-5-6-15(23-9-13)7-12-3-1-2-4-18(12)22/h1-6,8-11H,7H2,(H,24,25). The molecule has 26 heavy (non-hydrogen) atoms. The molecule has 0 atom stereocenters. The Balaban J connectivity index is 1.61. The molecule has 6 heteroatoms. The molecule has 3 aromatic heterocycles. The van der Waals surface area contributed by atoms with E-state index in [0.29, 0.717) is 44.9 Å². The monoisotopic (exact) mass is 365 g/mol. The first kappa shape index (κ1) is 16.4. The first-order valence-corrected chi connectivity index (χ1v) is 8.35. The van der Waals surface area contributed by atoms with Gasteiger partial charge < -0.3 is 4.98 Å². The molecule has 0 unspecified atom stereocenters. The highest BCUT2D eigenvalue weighted by Gasteiger charge is 2.16. The first-order chi connectivity index (χ1) is 12.6. The van der Waals surface area contributed by atoms with Crippen LogP contribution in [0.2, 0.25) is 5.02 Å². The van der Waals surface area contributed by atoms with E-state index in [4.69, 9.17) is 11.6 Å². The molecule has 0 saturated heterocycles. The van der Waals surface area contributed by atoms with Crippen LogP contribution in [0.1, 0.15) is 27.2 Å². The van der Waals surface area contributed by atoms with Gasteiger partial charge in [0.05, 0.1) is 5.02 Å². The maximum absolute atomic E-state index is 13.7. The minimum Gasteiger partial charge on any atom is -0.345 e. The number of nitrogens with zero attached hydrogens (tertiary/aromatic N) is 2. The summed E-state index contributed by atoms with van der Waals surface area (Å²) < 4.78 is 13.7. The van der Waals surface area contributed by atoms with Gasteiger partial charge in [-0.05, 0) is 29.8 Å². The van der Waals surface area contributed by atoms with Gasteiger partial charge in [-0.1, -0.05) is 29.8 Å². The van der Waals surface area contributed by atoms with Crippen molar-refractivity contribution in [1.82, 2.24) is 15.0 Å². The predicted octanol–water partition coefficient (Wildman–Crippen LogP) is 4.57. The van der Waals surface area contributed by atoms with E-state index < -0.39 is 0 Å². The van der Waals surface area contributed by atoms with E-state index in [-0.39, 0.29) is 11.6 Å². The van der Waals surface area contributed by atoms with Crippen LogP contribution in [-0.2, 0) is 6.42 Å². The molecule has 3 heterocycles. The number of rotatable bonds is 4. The van der Waals surface area contributed by atoms with Gasteiger partial charge in [-0.15, -0.1) is 0 Å². The van der Waals surface area contributed by atoms with Gasteiger partial charge in [-0.2, -0.15) is 0 Å². The second-order valence-electron chi connectivity index (χ2n) is 5.89. The summed E-state index contributed by atoms with van der Waals surface area (Å²) in [5.41, 5.74) is 2.79. The van der Waals surface area contributed by atoms with E-state index in [9.17, 15) is 9.18 Å². The third-order valence-corrected chi connectivity index (χ3v) is 4.37. The second-order valence-corrected chi connectivity index (χ2v) is 6.32. The molecule has 4 rings (SSSR count). The first-order valence-electron chi connectivity index (χ1n) is 7.97. The number of H-pyrrole nitrogens is 1. The summed E-state index contributed by atoms with van der Waals surface area (Å²) in [6.45, 7) is 0. The van der Waals surface area contributed by atoms with Crippen molar-refractivity contribution in [3.63, 3.8) is 0 Å². The number of hydrogen-bond acceptors (Lipinski definition) is 3. The van der Waals surface area contributed by atoms with E-state index in [1.165, 1.54) is 18.5 Å². The fourth-order valence-corrected chi connectivity index (χ4v) is 2.98. The molecule has 0 radical (unpaired) electrons. The van der Waals surface area contributed by atoms with Gasteiger partial charge in [0.25, 0.3) is 0 Å². The molecule has 0 aliphatic heterocycles. The number of halogens is 2. The average molecular weight is 366 g/mol. The van der Waals surface area contributed by atoms with Crippen LogP contribution in [0.5, 0.6) is 0 Å². The lowest BCUT2D eigenvalue weighted by Crippen LogP contribution is -2.03. The summed E-state index contributed by atoms with van der Waals surface area (Å²) in [5.74, 6) is -0.442. The van der Waals surface area contributed by atoms with Crippen LogP contribution in [0.3, 0.4) is 0 Å². The van der Waals surface area contributed by atoms with E-state index in [2.05, 4.69) is 15.0 Å². The lowest BCUT2D eigenvalue weighted by molar-refractivity contribution is 0.104. The number of ketones is 1. The summed E-state index contributed by atoms with van der Waals surface area (Å²) in [6.07, 6.45) is 5.01. The molecule has 4 aromatic rings. The number of fused-ring (bicyclic) bond motifs is 1. The van der Waals surface area contributed by atoms with Crippen molar-refractivity contribution in [2.45, 2.75) is 6.42 Å². The van der Waals surface area contributed by atoms with Crippen molar-refractivity contribution in [2.75, 3.05) is 0 Å². The maximum Gasteiger partial charge on any atom is 0.196 e. The highest BCUT2D eigenvalue weighted by atomic mass is 35.5. The van der Waals surface area contributed by atoms with Crippen molar-refractivity contribution in [3.8, 4) is 0 Å². The van der Waals surface area contributed by atoms with E-state index >= 15 is 0 Å². The topological polar surface area (TPSA) is 58.6 Å². The van der Waals surface area contributed by atoms with Crippen LogP contribution in [0.4, 0.5) is 4.39 Å². The number of pyridine rings is 2. The third-order valence-electron chi connectivity index (χ3n) is 4.16. The van der Waals surface area contributed by atoms with Gasteiger partial charge in [0.15, 0.2) is 5.78 Å². The second kappa shape index (κ2) is 6.69. The Morgan fingerprint density at radius 3 is 2.73 bits per heavy atom. The predicted molar refractivity (Wildman–Crippen MR) is 98.0 cm³/mol. The molecule has 4 nitrogen and oxygen atoms in total. The number of aromatic amines is 1. The molecule has 0 saturated carbocycles. The molecule has 0 fully saturated rings. The van der Waals surface area contributed by atoms with Crippen LogP contribution in [0, 0.1) is 5.82 Å². The Labute approximate surface area is 153 Å².